The van der Waals surface area contributed by atoms with E-state index in [0.29, 0.717) is 5.92 Å². The van der Waals surface area contributed by atoms with Crippen LogP contribution in [0, 0.1) is 6.92 Å². The third kappa shape index (κ3) is 5.68. The molecule has 2 heterocycles. The summed E-state index contributed by atoms with van der Waals surface area (Å²) in [6, 6.07) is 12.9. The minimum atomic E-state index is 0.0752. The Morgan fingerprint density at radius 2 is 1.92 bits per heavy atom. The maximum Gasteiger partial charge on any atom is 0.138 e. The Hall–Kier alpha value is -2.67. The van der Waals surface area contributed by atoms with Gasteiger partial charge >= 0.3 is 0 Å². The standard InChI is InChI=1S/C31H37ClN4OS/c1-19(29-14-23(18-38-29)30-22(17-36(3)4)12-9-13-26(30)32)33-31-25-15-24(21-10-7-6-8-11-21)28(37-5)16-27(25)34-20(2)35-31/h9,12-16,18-19,21H,6-8,10-11,17H2,1-5H3,(H,33,34,35)/t19-/m1/s1. The summed E-state index contributed by atoms with van der Waals surface area (Å²) in [5.41, 5.74) is 5.71. The van der Waals surface area contributed by atoms with Crippen LogP contribution in [0.5, 0.6) is 5.75 Å². The van der Waals surface area contributed by atoms with Gasteiger partial charge in [0.25, 0.3) is 0 Å². The molecule has 0 radical (unpaired) electrons. The first-order chi connectivity index (χ1) is 18.3. The Bertz CT molecular complexity index is 1430. The highest BCUT2D eigenvalue weighted by Crippen LogP contribution is 2.41. The van der Waals surface area contributed by atoms with E-state index in [1.54, 1.807) is 18.4 Å². The summed E-state index contributed by atoms with van der Waals surface area (Å²) < 4.78 is 5.83. The number of fused-ring (bicyclic) bond motifs is 1. The van der Waals surface area contributed by atoms with Gasteiger partial charge < -0.3 is 15.0 Å². The van der Waals surface area contributed by atoms with Gasteiger partial charge in [-0.15, -0.1) is 11.3 Å². The van der Waals surface area contributed by atoms with Gasteiger partial charge in [-0.1, -0.05) is 43.0 Å². The van der Waals surface area contributed by atoms with Gasteiger partial charge in [-0.05, 0) is 87.0 Å². The molecule has 1 saturated carbocycles. The maximum absolute atomic E-state index is 6.70. The van der Waals surface area contributed by atoms with Crippen LogP contribution in [0.2, 0.25) is 5.02 Å². The molecule has 0 unspecified atom stereocenters. The van der Waals surface area contributed by atoms with E-state index in [1.165, 1.54) is 48.1 Å². The number of rotatable bonds is 8. The quantitative estimate of drug-likeness (QED) is 0.239. The summed E-state index contributed by atoms with van der Waals surface area (Å²) in [5.74, 6) is 3.09. The molecule has 0 aliphatic heterocycles. The van der Waals surface area contributed by atoms with Crippen LogP contribution in [0.25, 0.3) is 22.0 Å². The molecule has 5 nitrogen and oxygen atoms in total. The van der Waals surface area contributed by atoms with E-state index in [9.17, 15) is 0 Å². The van der Waals surface area contributed by atoms with Crippen molar-refractivity contribution in [2.45, 2.75) is 64.5 Å². The fourth-order valence-electron chi connectivity index (χ4n) is 5.66. The molecule has 5 rings (SSSR count). The van der Waals surface area contributed by atoms with E-state index in [1.807, 2.05) is 19.1 Å². The molecule has 2 aromatic carbocycles. The molecule has 1 aliphatic carbocycles. The number of methoxy groups -OCH3 is 1. The molecule has 200 valence electrons. The number of thiophene rings is 1. The van der Waals surface area contributed by atoms with Gasteiger partial charge in [-0.2, -0.15) is 0 Å². The van der Waals surface area contributed by atoms with Crippen LogP contribution < -0.4 is 10.1 Å². The Morgan fingerprint density at radius 3 is 2.66 bits per heavy atom. The minimum Gasteiger partial charge on any atom is -0.496 e. The van der Waals surface area contributed by atoms with Crippen molar-refractivity contribution in [1.29, 1.82) is 0 Å². The second-order valence-electron chi connectivity index (χ2n) is 10.7. The summed E-state index contributed by atoms with van der Waals surface area (Å²) in [6.07, 6.45) is 6.31. The van der Waals surface area contributed by atoms with Crippen molar-refractivity contribution in [2.24, 2.45) is 0 Å². The second kappa shape index (κ2) is 11.6. The van der Waals surface area contributed by atoms with E-state index in [2.05, 4.69) is 60.9 Å². The third-order valence-electron chi connectivity index (χ3n) is 7.48. The number of benzene rings is 2. The lowest BCUT2D eigenvalue weighted by molar-refractivity contribution is 0.388. The number of nitrogens with one attached hydrogen (secondary N) is 1. The van der Waals surface area contributed by atoms with E-state index in [4.69, 9.17) is 26.3 Å². The largest absolute Gasteiger partial charge is 0.496 e. The molecule has 4 aromatic rings. The van der Waals surface area contributed by atoms with Crippen LogP contribution in [-0.4, -0.2) is 36.1 Å². The van der Waals surface area contributed by atoms with Crippen molar-refractivity contribution in [3.8, 4) is 16.9 Å². The van der Waals surface area contributed by atoms with Crippen LogP contribution in [0.3, 0.4) is 0 Å². The first-order valence-corrected chi connectivity index (χ1v) is 14.7. The minimum absolute atomic E-state index is 0.0752. The number of aryl methyl sites for hydroxylation is 1. The Labute approximate surface area is 235 Å². The molecule has 2 aromatic heterocycles. The normalized spacial score (nSPS) is 15.2. The van der Waals surface area contributed by atoms with E-state index >= 15 is 0 Å². The zero-order valence-corrected chi connectivity index (χ0v) is 24.5. The molecule has 1 atom stereocenters. The molecule has 38 heavy (non-hydrogen) atoms. The maximum atomic E-state index is 6.70. The highest BCUT2D eigenvalue weighted by Gasteiger charge is 2.22. The molecule has 0 bridgehead atoms. The first kappa shape index (κ1) is 26.9. The topological polar surface area (TPSA) is 50.3 Å². The van der Waals surface area contributed by atoms with Gasteiger partial charge in [-0.25, -0.2) is 9.97 Å². The van der Waals surface area contributed by atoms with Crippen molar-refractivity contribution in [3.63, 3.8) is 0 Å². The van der Waals surface area contributed by atoms with Gasteiger partial charge in [0.05, 0.1) is 18.7 Å². The summed E-state index contributed by atoms with van der Waals surface area (Å²) in [4.78, 5) is 13.0. The van der Waals surface area contributed by atoms with E-state index in [0.717, 1.165) is 51.0 Å². The fraction of sp³-hybridized carbons (Fsp3) is 0.419. The van der Waals surface area contributed by atoms with Gasteiger partial charge in [0.15, 0.2) is 0 Å². The molecule has 1 aliphatic rings. The smallest absolute Gasteiger partial charge is 0.138 e. The zero-order chi connectivity index (χ0) is 26.8. The zero-order valence-electron chi connectivity index (χ0n) is 23.0. The molecular formula is C31H37ClN4OS. The molecule has 0 amide bonds. The number of nitrogens with zero attached hydrogens (tertiary/aromatic N) is 3. The molecule has 1 N–H and O–H groups in total. The predicted octanol–water partition coefficient (Wildman–Crippen LogP) is 8.61. The predicted molar refractivity (Wildman–Crippen MR) is 161 cm³/mol. The molecule has 7 heteroatoms. The van der Waals surface area contributed by atoms with Gasteiger partial charge in [0.2, 0.25) is 0 Å². The highest BCUT2D eigenvalue weighted by atomic mass is 35.5. The third-order valence-corrected chi connectivity index (χ3v) is 8.91. The first-order valence-electron chi connectivity index (χ1n) is 13.5. The van der Waals surface area contributed by atoms with Crippen LogP contribution in [0.1, 0.15) is 72.8 Å². The number of hydrogen-bond acceptors (Lipinski definition) is 6. The summed E-state index contributed by atoms with van der Waals surface area (Å²) >= 11 is 8.45. The van der Waals surface area contributed by atoms with Crippen LogP contribution >= 0.6 is 22.9 Å². The SMILES string of the molecule is COc1cc2nc(C)nc(N[C@H](C)c3cc(-c4c(Cl)cccc4CN(C)C)cs3)c2cc1C1CCCCC1. The van der Waals surface area contributed by atoms with E-state index in [-0.39, 0.29) is 6.04 Å². The summed E-state index contributed by atoms with van der Waals surface area (Å²) in [6.45, 7) is 4.98. The van der Waals surface area contributed by atoms with Crippen LogP contribution in [0.4, 0.5) is 5.82 Å². The van der Waals surface area contributed by atoms with Crippen LogP contribution in [0.15, 0.2) is 41.8 Å². The van der Waals surface area contributed by atoms with Crippen molar-refractivity contribution in [3.05, 3.63) is 68.6 Å². The number of ether oxygens (including phenoxy) is 1. The molecule has 1 fully saturated rings. The number of halogens is 1. The van der Waals surface area contributed by atoms with Crippen molar-refractivity contribution in [1.82, 2.24) is 14.9 Å². The Balaban J connectivity index is 1.48. The Morgan fingerprint density at radius 1 is 1.13 bits per heavy atom. The van der Waals surface area contributed by atoms with E-state index < -0.39 is 0 Å². The number of aromatic nitrogens is 2. The second-order valence-corrected chi connectivity index (χ2v) is 12.0. The van der Waals surface area contributed by atoms with Crippen LogP contribution in [-0.2, 0) is 6.54 Å². The fourth-order valence-corrected chi connectivity index (χ4v) is 6.87. The van der Waals surface area contributed by atoms with Crippen molar-refractivity contribution < 1.29 is 4.74 Å². The average molecular weight is 549 g/mol. The average Bonchev–Trinajstić information content (AvgIpc) is 3.38. The number of hydrogen-bond donors (Lipinski definition) is 1. The van der Waals surface area contributed by atoms with Gasteiger partial charge in [-0.3, -0.25) is 0 Å². The summed E-state index contributed by atoms with van der Waals surface area (Å²) in [5, 5.41) is 7.77. The van der Waals surface area contributed by atoms with Gasteiger partial charge in [0, 0.05) is 33.5 Å². The number of anilines is 1. The van der Waals surface area contributed by atoms with Crippen molar-refractivity contribution in [2.75, 3.05) is 26.5 Å². The lowest BCUT2D eigenvalue weighted by atomic mass is 9.83. The van der Waals surface area contributed by atoms with Gasteiger partial charge in [0.1, 0.15) is 17.4 Å². The molecule has 0 spiro atoms. The lowest BCUT2D eigenvalue weighted by Gasteiger charge is -2.24. The highest BCUT2D eigenvalue weighted by molar-refractivity contribution is 7.10. The lowest BCUT2D eigenvalue weighted by Crippen LogP contribution is -2.11. The Kier molecular flexibility index (Phi) is 8.22. The summed E-state index contributed by atoms with van der Waals surface area (Å²) in [7, 11) is 5.93. The monoisotopic (exact) mass is 548 g/mol. The molecular weight excluding hydrogens is 512 g/mol. The molecule has 0 saturated heterocycles. The van der Waals surface area contributed by atoms with Crippen molar-refractivity contribution >= 4 is 39.7 Å².